The number of carbonyl (C=O) groups excluding carboxylic acids is 2. The number of ether oxygens (including phenoxy) is 1. The van der Waals surface area contributed by atoms with Crippen LogP contribution in [0.25, 0.3) is 0 Å². The molecule has 25 heavy (non-hydrogen) atoms. The summed E-state index contributed by atoms with van der Waals surface area (Å²) in [5.74, 6) is -0.215. The summed E-state index contributed by atoms with van der Waals surface area (Å²) in [4.78, 5) is 26.3. The summed E-state index contributed by atoms with van der Waals surface area (Å²) in [6.45, 7) is 2.67. The van der Waals surface area contributed by atoms with Crippen molar-refractivity contribution in [2.75, 3.05) is 18.1 Å². The van der Waals surface area contributed by atoms with Gasteiger partial charge in [-0.15, -0.1) is 0 Å². The summed E-state index contributed by atoms with van der Waals surface area (Å²) in [7, 11) is 0. The lowest BCUT2D eigenvalue weighted by Crippen LogP contribution is -2.37. The van der Waals surface area contributed by atoms with Crippen LogP contribution in [0.3, 0.4) is 0 Å². The van der Waals surface area contributed by atoms with Crippen molar-refractivity contribution < 1.29 is 18.7 Å². The highest BCUT2D eigenvalue weighted by atomic mass is 19.1. The minimum Gasteiger partial charge on any atom is -0.493 e. The van der Waals surface area contributed by atoms with E-state index in [0.717, 1.165) is 0 Å². The fourth-order valence-electron chi connectivity index (χ4n) is 2.87. The zero-order valence-electron chi connectivity index (χ0n) is 13.9. The van der Waals surface area contributed by atoms with Crippen molar-refractivity contribution in [3.05, 3.63) is 59.9 Å². The maximum Gasteiger partial charge on any atom is 0.255 e. The molecule has 1 saturated heterocycles. The summed E-state index contributed by atoms with van der Waals surface area (Å²) in [5.41, 5.74) is 1.06. The lowest BCUT2D eigenvalue weighted by atomic mass is 10.1. The molecule has 1 atom stereocenters. The molecule has 1 N–H and O–H groups in total. The summed E-state index contributed by atoms with van der Waals surface area (Å²) >= 11 is 0. The molecule has 1 fully saturated rings. The summed E-state index contributed by atoms with van der Waals surface area (Å²) < 4.78 is 18.5. The number of nitrogens with one attached hydrogen (secondary N) is 1. The molecule has 3 rings (SSSR count). The van der Waals surface area contributed by atoms with Crippen LogP contribution in [0.4, 0.5) is 10.1 Å². The predicted octanol–water partition coefficient (Wildman–Crippen LogP) is 2.76. The average Bonchev–Trinajstić information content (AvgIpc) is 2.96. The largest absolute Gasteiger partial charge is 0.493 e. The van der Waals surface area contributed by atoms with Gasteiger partial charge in [0.15, 0.2) is 0 Å². The Labute approximate surface area is 145 Å². The zero-order valence-corrected chi connectivity index (χ0v) is 13.9. The molecule has 1 aliphatic heterocycles. The van der Waals surface area contributed by atoms with Gasteiger partial charge >= 0.3 is 0 Å². The molecule has 0 aliphatic carbocycles. The van der Waals surface area contributed by atoms with Crippen molar-refractivity contribution in [1.82, 2.24) is 5.32 Å². The van der Waals surface area contributed by atoms with Crippen molar-refractivity contribution in [3.8, 4) is 5.75 Å². The molecule has 0 saturated carbocycles. The Kier molecular flexibility index (Phi) is 4.97. The molecular formula is C19H19FN2O3. The molecule has 0 aromatic heterocycles. The van der Waals surface area contributed by atoms with Gasteiger partial charge in [0.2, 0.25) is 5.91 Å². The molecule has 0 unspecified atom stereocenters. The quantitative estimate of drug-likeness (QED) is 0.909. The molecule has 0 radical (unpaired) electrons. The van der Waals surface area contributed by atoms with Crippen LogP contribution < -0.4 is 15.0 Å². The van der Waals surface area contributed by atoms with E-state index in [9.17, 15) is 14.0 Å². The normalized spacial score (nSPS) is 16.8. The van der Waals surface area contributed by atoms with Gasteiger partial charge < -0.3 is 15.0 Å². The van der Waals surface area contributed by atoms with E-state index in [-0.39, 0.29) is 30.1 Å². The molecule has 1 aliphatic rings. The van der Waals surface area contributed by atoms with Gasteiger partial charge in [-0.05, 0) is 43.3 Å². The highest BCUT2D eigenvalue weighted by Crippen LogP contribution is 2.23. The molecule has 5 nitrogen and oxygen atoms in total. The van der Waals surface area contributed by atoms with Crippen molar-refractivity contribution in [3.63, 3.8) is 0 Å². The highest BCUT2D eigenvalue weighted by molar-refractivity contribution is 6.00. The van der Waals surface area contributed by atoms with Gasteiger partial charge in [0.25, 0.3) is 5.91 Å². The van der Waals surface area contributed by atoms with Crippen LogP contribution in [-0.4, -0.2) is 31.0 Å². The van der Waals surface area contributed by atoms with E-state index in [1.165, 1.54) is 12.1 Å². The number of anilines is 1. The van der Waals surface area contributed by atoms with Gasteiger partial charge in [0.05, 0.1) is 18.2 Å². The standard InChI is InChI=1S/C19H19FN2O3/c1-2-25-17-6-4-3-5-16(17)19(24)21-14-11-18(23)22(12-14)15-9-7-13(20)8-10-15/h3-10,14H,2,11-12H2,1H3,(H,21,24)/t14-/m0/s1. The number of amides is 2. The van der Waals surface area contributed by atoms with Gasteiger partial charge in [-0.1, -0.05) is 12.1 Å². The number of halogens is 1. The van der Waals surface area contributed by atoms with Crippen LogP contribution >= 0.6 is 0 Å². The lowest BCUT2D eigenvalue weighted by molar-refractivity contribution is -0.117. The Morgan fingerprint density at radius 1 is 1.24 bits per heavy atom. The molecule has 2 aromatic carbocycles. The van der Waals surface area contributed by atoms with Gasteiger partial charge in [-0.3, -0.25) is 9.59 Å². The van der Waals surface area contributed by atoms with Crippen molar-refractivity contribution in [2.24, 2.45) is 0 Å². The SMILES string of the molecule is CCOc1ccccc1C(=O)N[C@H]1CC(=O)N(c2ccc(F)cc2)C1. The molecule has 130 valence electrons. The molecular weight excluding hydrogens is 323 g/mol. The van der Waals surface area contributed by atoms with Crippen molar-refractivity contribution in [1.29, 1.82) is 0 Å². The predicted molar refractivity (Wildman–Crippen MR) is 92.2 cm³/mol. The fourth-order valence-corrected chi connectivity index (χ4v) is 2.87. The van der Waals surface area contributed by atoms with Crippen LogP contribution in [0, 0.1) is 5.82 Å². The van der Waals surface area contributed by atoms with Crippen LogP contribution in [0.1, 0.15) is 23.7 Å². The topological polar surface area (TPSA) is 58.6 Å². The molecule has 0 bridgehead atoms. The summed E-state index contributed by atoms with van der Waals surface area (Å²) in [5, 5.41) is 2.88. The second-order valence-corrected chi connectivity index (χ2v) is 5.78. The minimum absolute atomic E-state index is 0.102. The van der Waals surface area contributed by atoms with E-state index in [1.54, 1.807) is 41.3 Å². The van der Waals surface area contributed by atoms with Crippen LogP contribution in [0.2, 0.25) is 0 Å². The van der Waals surface area contributed by atoms with E-state index in [4.69, 9.17) is 4.74 Å². The first-order valence-corrected chi connectivity index (χ1v) is 8.17. The molecule has 6 heteroatoms. The van der Waals surface area contributed by atoms with Crippen molar-refractivity contribution in [2.45, 2.75) is 19.4 Å². The Hall–Kier alpha value is -2.89. The Balaban J connectivity index is 1.69. The second kappa shape index (κ2) is 7.34. The Bertz CT molecular complexity index is 776. The first kappa shape index (κ1) is 17.0. The van der Waals surface area contributed by atoms with E-state index in [2.05, 4.69) is 5.32 Å². The maximum atomic E-state index is 13.0. The molecule has 2 aromatic rings. The van der Waals surface area contributed by atoms with E-state index >= 15 is 0 Å². The summed E-state index contributed by atoms with van der Waals surface area (Å²) in [6.07, 6.45) is 0.208. The van der Waals surface area contributed by atoms with E-state index < -0.39 is 0 Å². The number of carbonyl (C=O) groups is 2. The number of para-hydroxylation sites is 1. The monoisotopic (exact) mass is 342 g/mol. The third kappa shape index (κ3) is 3.79. The number of benzene rings is 2. The first-order valence-electron chi connectivity index (χ1n) is 8.17. The lowest BCUT2D eigenvalue weighted by Gasteiger charge is -2.17. The first-order chi connectivity index (χ1) is 12.1. The smallest absolute Gasteiger partial charge is 0.255 e. The van der Waals surface area contributed by atoms with Crippen molar-refractivity contribution >= 4 is 17.5 Å². The van der Waals surface area contributed by atoms with Crippen LogP contribution in [0.5, 0.6) is 5.75 Å². The number of hydrogen-bond donors (Lipinski definition) is 1. The van der Waals surface area contributed by atoms with Gasteiger partial charge in [-0.2, -0.15) is 0 Å². The molecule has 1 heterocycles. The van der Waals surface area contributed by atoms with Gasteiger partial charge in [-0.25, -0.2) is 4.39 Å². The average molecular weight is 342 g/mol. The maximum absolute atomic E-state index is 13.0. The second-order valence-electron chi connectivity index (χ2n) is 5.78. The number of rotatable bonds is 5. The summed E-state index contributed by atoms with van der Waals surface area (Å²) in [6, 6.07) is 12.4. The van der Waals surface area contributed by atoms with E-state index in [1.807, 2.05) is 6.92 Å². The zero-order chi connectivity index (χ0) is 17.8. The van der Waals surface area contributed by atoms with Gasteiger partial charge in [0.1, 0.15) is 11.6 Å². The van der Waals surface area contributed by atoms with Crippen LogP contribution in [-0.2, 0) is 4.79 Å². The fraction of sp³-hybridized carbons (Fsp3) is 0.263. The Morgan fingerprint density at radius 3 is 2.68 bits per heavy atom. The Morgan fingerprint density at radius 2 is 1.96 bits per heavy atom. The third-order valence-corrected chi connectivity index (χ3v) is 4.03. The number of nitrogens with zero attached hydrogens (tertiary/aromatic N) is 1. The highest BCUT2D eigenvalue weighted by Gasteiger charge is 2.32. The molecule has 0 spiro atoms. The van der Waals surface area contributed by atoms with Crippen LogP contribution in [0.15, 0.2) is 48.5 Å². The molecule has 2 amide bonds. The minimum atomic E-state index is -0.354. The van der Waals surface area contributed by atoms with E-state index in [0.29, 0.717) is 30.2 Å². The van der Waals surface area contributed by atoms with Gasteiger partial charge in [0, 0.05) is 18.7 Å². The third-order valence-electron chi connectivity index (χ3n) is 4.03. The number of hydrogen-bond acceptors (Lipinski definition) is 3.